The molecule has 0 spiro atoms. The van der Waals surface area contributed by atoms with Crippen molar-refractivity contribution in [2.24, 2.45) is 5.73 Å². The number of H-pyrrole nitrogens is 1. The van der Waals surface area contributed by atoms with Gasteiger partial charge in [0, 0.05) is 60.7 Å². The molecule has 6 heteroatoms. The molecule has 1 atom stereocenters. The molecule has 1 saturated heterocycles. The Balaban J connectivity index is 1.90. The first-order valence-corrected chi connectivity index (χ1v) is 7.05. The minimum atomic E-state index is 0.246. The van der Waals surface area contributed by atoms with Gasteiger partial charge in [0.1, 0.15) is 12.0 Å². The van der Waals surface area contributed by atoms with E-state index >= 15 is 0 Å². The number of hydrogen-bond donors (Lipinski definition) is 2. The molecule has 6 nitrogen and oxygen atoms in total. The molecule has 3 N–H and O–H groups in total. The van der Waals surface area contributed by atoms with Gasteiger partial charge in [-0.15, -0.1) is 0 Å². The average molecular weight is 280 g/mol. The molecule has 21 heavy (non-hydrogen) atoms. The third kappa shape index (κ3) is 2.04. The Morgan fingerprint density at radius 2 is 2.14 bits per heavy atom. The van der Waals surface area contributed by atoms with E-state index in [-0.39, 0.29) is 6.04 Å². The molecule has 3 aromatic heterocycles. The molecule has 0 bridgehead atoms. The van der Waals surface area contributed by atoms with Crippen LogP contribution in [0.2, 0.25) is 0 Å². The summed E-state index contributed by atoms with van der Waals surface area (Å²) < 4.78 is 0. The molecule has 0 unspecified atom stereocenters. The van der Waals surface area contributed by atoms with Crippen LogP contribution in [0, 0.1) is 0 Å². The van der Waals surface area contributed by atoms with Crippen LogP contribution in [-0.4, -0.2) is 39.1 Å². The maximum Gasteiger partial charge on any atom is 0.139 e. The Bertz CT molecular complexity index is 766. The molecule has 106 valence electrons. The van der Waals surface area contributed by atoms with Crippen molar-refractivity contribution < 1.29 is 0 Å². The van der Waals surface area contributed by atoms with Crippen molar-refractivity contribution in [1.82, 2.24) is 19.9 Å². The number of aromatic nitrogens is 4. The van der Waals surface area contributed by atoms with E-state index in [9.17, 15) is 0 Å². The van der Waals surface area contributed by atoms with E-state index in [2.05, 4.69) is 30.9 Å². The summed E-state index contributed by atoms with van der Waals surface area (Å²) in [5.41, 5.74) is 10.2. The van der Waals surface area contributed by atoms with Crippen LogP contribution < -0.4 is 10.6 Å². The highest BCUT2D eigenvalue weighted by Gasteiger charge is 2.23. The first kappa shape index (κ1) is 12.3. The van der Waals surface area contributed by atoms with Crippen LogP contribution in [0.5, 0.6) is 0 Å². The van der Waals surface area contributed by atoms with Crippen LogP contribution in [0.3, 0.4) is 0 Å². The Kier molecular flexibility index (Phi) is 2.82. The van der Waals surface area contributed by atoms with E-state index in [0.29, 0.717) is 0 Å². The first-order valence-electron chi connectivity index (χ1n) is 7.05. The van der Waals surface area contributed by atoms with E-state index in [0.717, 1.165) is 41.7 Å². The molecular weight excluding hydrogens is 264 g/mol. The number of fused-ring (bicyclic) bond motifs is 1. The minimum absolute atomic E-state index is 0.246. The lowest BCUT2D eigenvalue weighted by Gasteiger charge is -2.19. The third-order valence-electron chi connectivity index (χ3n) is 3.99. The van der Waals surface area contributed by atoms with Gasteiger partial charge in [-0.1, -0.05) is 0 Å². The molecule has 3 aromatic rings. The third-order valence-corrected chi connectivity index (χ3v) is 3.99. The van der Waals surface area contributed by atoms with Gasteiger partial charge in [0.25, 0.3) is 0 Å². The van der Waals surface area contributed by atoms with E-state index in [4.69, 9.17) is 5.73 Å². The molecule has 0 aromatic carbocycles. The molecule has 1 aliphatic rings. The zero-order valence-corrected chi connectivity index (χ0v) is 11.5. The van der Waals surface area contributed by atoms with Gasteiger partial charge in [0.05, 0.1) is 5.39 Å². The maximum absolute atomic E-state index is 6.05. The van der Waals surface area contributed by atoms with Crippen molar-refractivity contribution in [2.75, 3.05) is 18.0 Å². The lowest BCUT2D eigenvalue weighted by Crippen LogP contribution is -2.26. The van der Waals surface area contributed by atoms with Crippen LogP contribution in [0.25, 0.3) is 22.2 Å². The monoisotopic (exact) mass is 280 g/mol. The summed E-state index contributed by atoms with van der Waals surface area (Å²) in [4.78, 5) is 18.2. The predicted octanol–water partition coefficient (Wildman–Crippen LogP) is 1.56. The van der Waals surface area contributed by atoms with Crippen LogP contribution >= 0.6 is 0 Å². The second kappa shape index (κ2) is 4.82. The van der Waals surface area contributed by atoms with Crippen molar-refractivity contribution >= 4 is 16.7 Å². The number of nitrogens with one attached hydrogen (secondary N) is 1. The number of rotatable bonds is 2. The Hall–Kier alpha value is -2.47. The van der Waals surface area contributed by atoms with Crippen LogP contribution in [-0.2, 0) is 0 Å². The number of nitrogens with zero attached hydrogens (tertiary/aromatic N) is 4. The van der Waals surface area contributed by atoms with Crippen LogP contribution in [0.15, 0.2) is 37.2 Å². The van der Waals surface area contributed by atoms with E-state index in [1.165, 1.54) is 12.0 Å². The summed E-state index contributed by atoms with van der Waals surface area (Å²) in [5, 5.41) is 1.11. The second-order valence-corrected chi connectivity index (χ2v) is 5.38. The van der Waals surface area contributed by atoms with Gasteiger partial charge in [0.2, 0.25) is 0 Å². The highest BCUT2D eigenvalue weighted by Crippen LogP contribution is 2.35. The molecule has 0 amide bonds. The molecular formula is C15H16N6. The molecule has 1 aliphatic heterocycles. The first-order chi connectivity index (χ1) is 10.3. The summed E-state index contributed by atoms with van der Waals surface area (Å²) in [7, 11) is 0. The normalized spacial score (nSPS) is 18.5. The lowest BCUT2D eigenvalue weighted by molar-refractivity contribution is 0.752. The molecule has 0 aliphatic carbocycles. The largest absolute Gasteiger partial charge is 0.369 e. The maximum atomic E-state index is 6.05. The summed E-state index contributed by atoms with van der Waals surface area (Å²) >= 11 is 0. The summed E-state index contributed by atoms with van der Waals surface area (Å²) in [6, 6.07) is 2.30. The highest BCUT2D eigenvalue weighted by molar-refractivity contribution is 6.02. The minimum Gasteiger partial charge on any atom is -0.369 e. The van der Waals surface area contributed by atoms with Crippen LogP contribution in [0.4, 0.5) is 5.69 Å². The SMILES string of the molecule is N[C@H]1CCN(c2ccnc3[nH]cc(-c4cncnc4)c23)C1. The quantitative estimate of drug-likeness (QED) is 0.744. The molecule has 0 radical (unpaired) electrons. The van der Waals surface area contributed by atoms with Crippen LogP contribution in [0.1, 0.15) is 6.42 Å². The fourth-order valence-corrected chi connectivity index (χ4v) is 2.97. The number of anilines is 1. The van der Waals surface area contributed by atoms with Gasteiger partial charge >= 0.3 is 0 Å². The number of hydrogen-bond acceptors (Lipinski definition) is 5. The average Bonchev–Trinajstić information content (AvgIpc) is 3.14. The second-order valence-electron chi connectivity index (χ2n) is 5.38. The number of nitrogens with two attached hydrogens (primary N) is 1. The van der Waals surface area contributed by atoms with Gasteiger partial charge < -0.3 is 15.6 Å². The Morgan fingerprint density at radius 3 is 2.90 bits per heavy atom. The van der Waals surface area contributed by atoms with Crippen molar-refractivity contribution in [1.29, 1.82) is 0 Å². The molecule has 4 heterocycles. The van der Waals surface area contributed by atoms with Crippen molar-refractivity contribution in [3.8, 4) is 11.1 Å². The fraction of sp³-hybridized carbons (Fsp3) is 0.267. The summed E-state index contributed by atoms with van der Waals surface area (Å²) in [6.07, 6.45) is 10.0. The zero-order chi connectivity index (χ0) is 14.2. The van der Waals surface area contributed by atoms with Crippen molar-refractivity contribution in [3.63, 3.8) is 0 Å². The fourth-order valence-electron chi connectivity index (χ4n) is 2.97. The molecule has 1 fully saturated rings. The van der Waals surface area contributed by atoms with Gasteiger partial charge in [-0.25, -0.2) is 15.0 Å². The van der Waals surface area contributed by atoms with E-state index < -0.39 is 0 Å². The van der Waals surface area contributed by atoms with Gasteiger partial charge in [-0.2, -0.15) is 0 Å². The standard InChI is InChI=1S/C15H16N6/c16-11-2-4-21(8-11)13-1-3-19-15-14(13)12(7-20-15)10-5-17-9-18-6-10/h1,3,5-7,9,11H,2,4,8,16H2,(H,19,20)/t11-/m0/s1. The predicted molar refractivity (Wildman–Crippen MR) is 81.9 cm³/mol. The topological polar surface area (TPSA) is 83.7 Å². The summed E-state index contributed by atoms with van der Waals surface area (Å²) in [5.74, 6) is 0. The lowest BCUT2D eigenvalue weighted by atomic mass is 10.1. The molecule has 0 saturated carbocycles. The Morgan fingerprint density at radius 1 is 1.29 bits per heavy atom. The smallest absolute Gasteiger partial charge is 0.139 e. The zero-order valence-electron chi connectivity index (χ0n) is 11.5. The van der Waals surface area contributed by atoms with Crippen molar-refractivity contribution in [3.05, 3.63) is 37.2 Å². The van der Waals surface area contributed by atoms with Gasteiger partial charge in [0.15, 0.2) is 0 Å². The van der Waals surface area contributed by atoms with Gasteiger partial charge in [-0.3, -0.25) is 0 Å². The Labute approximate surface area is 122 Å². The highest BCUT2D eigenvalue weighted by atomic mass is 15.2. The van der Waals surface area contributed by atoms with E-state index in [1.54, 1.807) is 0 Å². The number of aromatic amines is 1. The van der Waals surface area contributed by atoms with Crippen molar-refractivity contribution in [2.45, 2.75) is 12.5 Å². The number of pyridine rings is 1. The van der Waals surface area contributed by atoms with Gasteiger partial charge in [-0.05, 0) is 12.5 Å². The van der Waals surface area contributed by atoms with E-state index in [1.807, 2.05) is 24.8 Å². The molecule has 4 rings (SSSR count). The summed E-state index contributed by atoms with van der Waals surface area (Å²) in [6.45, 7) is 1.87.